The first-order valence-corrected chi connectivity index (χ1v) is 6.98. The van der Waals surface area contributed by atoms with Gasteiger partial charge in [0, 0.05) is 17.7 Å². The lowest BCUT2D eigenvalue weighted by atomic mass is 10.1. The second kappa shape index (κ2) is 6.99. The van der Waals surface area contributed by atoms with Crippen molar-refractivity contribution >= 4 is 5.91 Å². The van der Waals surface area contributed by atoms with E-state index in [0.29, 0.717) is 23.7 Å². The Morgan fingerprint density at radius 3 is 2.90 bits per heavy atom. The van der Waals surface area contributed by atoms with Gasteiger partial charge in [0.05, 0.1) is 6.10 Å². The van der Waals surface area contributed by atoms with Gasteiger partial charge in [-0.05, 0) is 24.5 Å². The highest BCUT2D eigenvalue weighted by Crippen LogP contribution is 2.15. The van der Waals surface area contributed by atoms with Crippen LogP contribution >= 0.6 is 0 Å². The van der Waals surface area contributed by atoms with Gasteiger partial charge in [-0.25, -0.2) is 4.98 Å². The predicted molar refractivity (Wildman–Crippen MR) is 79.6 cm³/mol. The van der Waals surface area contributed by atoms with E-state index in [0.717, 1.165) is 5.56 Å². The Kier molecular flexibility index (Phi) is 5.05. The summed E-state index contributed by atoms with van der Waals surface area (Å²) in [4.78, 5) is 16.1. The molecule has 1 atom stereocenters. The van der Waals surface area contributed by atoms with E-state index < -0.39 is 6.10 Å². The molecule has 0 saturated heterocycles. The molecule has 6 nitrogen and oxygen atoms in total. The Labute approximate surface area is 123 Å². The van der Waals surface area contributed by atoms with Crippen LogP contribution in [0.4, 0.5) is 0 Å². The lowest BCUT2D eigenvalue weighted by Crippen LogP contribution is -2.32. The number of carbonyl (C=O) groups is 1. The average Bonchev–Trinajstić information content (AvgIpc) is 2.98. The van der Waals surface area contributed by atoms with Crippen molar-refractivity contribution in [2.24, 2.45) is 5.92 Å². The smallest absolute Gasteiger partial charge is 0.251 e. The number of benzene rings is 1. The second-order valence-corrected chi connectivity index (χ2v) is 5.41. The molecule has 0 spiro atoms. The van der Waals surface area contributed by atoms with Gasteiger partial charge in [-0.3, -0.25) is 9.89 Å². The number of amides is 1. The number of H-pyrrole nitrogens is 1. The molecule has 1 aromatic heterocycles. The van der Waals surface area contributed by atoms with Crippen LogP contribution in [-0.4, -0.2) is 38.8 Å². The van der Waals surface area contributed by atoms with Gasteiger partial charge >= 0.3 is 0 Å². The average molecular weight is 288 g/mol. The number of aliphatic hydroxyl groups excluding tert-OH is 1. The first-order valence-electron chi connectivity index (χ1n) is 6.98. The summed E-state index contributed by atoms with van der Waals surface area (Å²) in [6, 6.07) is 7.11. The maximum Gasteiger partial charge on any atom is 0.251 e. The van der Waals surface area contributed by atoms with Gasteiger partial charge in [-0.15, -0.1) is 0 Å². The molecule has 0 radical (unpaired) electrons. The van der Waals surface area contributed by atoms with Crippen molar-refractivity contribution in [2.45, 2.75) is 26.4 Å². The normalized spacial score (nSPS) is 12.4. The van der Waals surface area contributed by atoms with Crippen molar-refractivity contribution in [3.63, 3.8) is 0 Å². The topological polar surface area (TPSA) is 90.9 Å². The lowest BCUT2D eigenvalue weighted by Gasteiger charge is -2.14. The van der Waals surface area contributed by atoms with Gasteiger partial charge in [-0.1, -0.05) is 26.0 Å². The van der Waals surface area contributed by atoms with Crippen LogP contribution in [0.5, 0.6) is 0 Å². The van der Waals surface area contributed by atoms with Crippen LogP contribution in [0.15, 0.2) is 30.6 Å². The van der Waals surface area contributed by atoms with Crippen LogP contribution in [-0.2, 0) is 0 Å². The number of nitrogens with one attached hydrogen (secondary N) is 2. The second-order valence-electron chi connectivity index (χ2n) is 5.41. The monoisotopic (exact) mass is 288 g/mol. The predicted octanol–water partition coefficient (Wildman–Crippen LogP) is 1.61. The van der Waals surface area contributed by atoms with E-state index in [4.69, 9.17) is 0 Å². The summed E-state index contributed by atoms with van der Waals surface area (Å²) in [5.41, 5.74) is 1.32. The van der Waals surface area contributed by atoms with Crippen LogP contribution in [0.1, 0.15) is 30.6 Å². The van der Waals surface area contributed by atoms with Crippen molar-refractivity contribution in [3.8, 4) is 11.4 Å². The summed E-state index contributed by atoms with van der Waals surface area (Å²) in [7, 11) is 0. The number of rotatable bonds is 6. The summed E-state index contributed by atoms with van der Waals surface area (Å²) in [6.07, 6.45) is 1.56. The summed E-state index contributed by atoms with van der Waals surface area (Å²) < 4.78 is 0. The highest BCUT2D eigenvalue weighted by atomic mass is 16.3. The van der Waals surface area contributed by atoms with E-state index >= 15 is 0 Å². The van der Waals surface area contributed by atoms with Crippen molar-refractivity contribution in [3.05, 3.63) is 36.2 Å². The molecule has 0 fully saturated rings. The maximum atomic E-state index is 12.1. The van der Waals surface area contributed by atoms with Crippen LogP contribution in [0.2, 0.25) is 0 Å². The summed E-state index contributed by atoms with van der Waals surface area (Å²) in [5.74, 6) is 0.801. The van der Waals surface area contributed by atoms with Crippen LogP contribution in [0.25, 0.3) is 11.4 Å². The molecular formula is C15H20N4O2. The van der Waals surface area contributed by atoms with E-state index in [9.17, 15) is 9.90 Å². The van der Waals surface area contributed by atoms with Crippen LogP contribution in [0, 0.1) is 5.92 Å². The Hall–Kier alpha value is -2.21. The van der Waals surface area contributed by atoms with Gasteiger partial charge in [0.2, 0.25) is 0 Å². The quantitative estimate of drug-likeness (QED) is 0.753. The molecule has 1 amide bonds. The van der Waals surface area contributed by atoms with E-state index in [1.807, 2.05) is 19.9 Å². The van der Waals surface area contributed by atoms with E-state index in [-0.39, 0.29) is 12.5 Å². The molecule has 2 aromatic rings. The van der Waals surface area contributed by atoms with Gasteiger partial charge in [0.1, 0.15) is 6.33 Å². The third-order valence-electron chi connectivity index (χ3n) is 3.05. The molecule has 1 aromatic carbocycles. The van der Waals surface area contributed by atoms with Crippen molar-refractivity contribution < 1.29 is 9.90 Å². The zero-order valence-electron chi connectivity index (χ0n) is 12.2. The number of aromatic amines is 1. The van der Waals surface area contributed by atoms with Crippen molar-refractivity contribution in [1.82, 2.24) is 20.5 Å². The Morgan fingerprint density at radius 1 is 1.43 bits per heavy atom. The molecule has 0 aliphatic heterocycles. The van der Waals surface area contributed by atoms with Crippen molar-refractivity contribution in [1.29, 1.82) is 0 Å². The fraction of sp³-hybridized carbons (Fsp3) is 0.400. The molecule has 6 heteroatoms. The molecule has 2 rings (SSSR count). The standard InChI is InChI=1S/C15H20N4O2/c1-10(2)6-13(20)8-16-15(21)12-5-3-4-11(7-12)14-17-9-18-19-14/h3-5,7,9-10,13,20H,6,8H2,1-2H3,(H,16,21)(H,17,18,19). The van der Waals surface area contributed by atoms with Gasteiger partial charge < -0.3 is 10.4 Å². The highest BCUT2D eigenvalue weighted by molar-refractivity contribution is 5.95. The molecule has 0 aliphatic carbocycles. The number of nitrogens with zero attached hydrogens (tertiary/aromatic N) is 2. The SMILES string of the molecule is CC(C)CC(O)CNC(=O)c1cccc(-c2ncn[nH]2)c1. The number of carbonyl (C=O) groups excluding carboxylic acids is 1. The number of aliphatic hydroxyl groups is 1. The number of hydrogen-bond acceptors (Lipinski definition) is 4. The summed E-state index contributed by atoms with van der Waals surface area (Å²) in [6.45, 7) is 4.32. The molecule has 112 valence electrons. The molecule has 3 N–H and O–H groups in total. The van der Waals surface area contributed by atoms with E-state index in [1.165, 1.54) is 6.33 Å². The summed E-state index contributed by atoms with van der Waals surface area (Å²) >= 11 is 0. The van der Waals surface area contributed by atoms with Gasteiger partial charge in [0.15, 0.2) is 5.82 Å². The summed E-state index contributed by atoms with van der Waals surface area (Å²) in [5, 5.41) is 19.1. The minimum atomic E-state index is -0.522. The molecule has 0 saturated carbocycles. The van der Waals surface area contributed by atoms with E-state index in [2.05, 4.69) is 20.5 Å². The third-order valence-corrected chi connectivity index (χ3v) is 3.05. The van der Waals surface area contributed by atoms with Gasteiger partial charge in [0.25, 0.3) is 5.91 Å². The number of aromatic nitrogens is 3. The Balaban J connectivity index is 1.98. The highest BCUT2D eigenvalue weighted by Gasteiger charge is 2.11. The minimum absolute atomic E-state index is 0.209. The maximum absolute atomic E-state index is 12.1. The number of hydrogen-bond donors (Lipinski definition) is 3. The molecule has 1 unspecified atom stereocenters. The molecule has 0 aliphatic rings. The first kappa shape index (κ1) is 15.2. The fourth-order valence-electron chi connectivity index (χ4n) is 2.09. The molecule has 21 heavy (non-hydrogen) atoms. The van der Waals surface area contributed by atoms with Crippen LogP contribution < -0.4 is 5.32 Å². The van der Waals surface area contributed by atoms with Crippen LogP contribution in [0.3, 0.4) is 0 Å². The lowest BCUT2D eigenvalue weighted by molar-refractivity contribution is 0.0900. The van der Waals surface area contributed by atoms with Gasteiger partial charge in [-0.2, -0.15) is 5.10 Å². The Bertz CT molecular complexity index is 581. The molecule has 1 heterocycles. The third kappa shape index (κ3) is 4.39. The molecular weight excluding hydrogens is 268 g/mol. The Morgan fingerprint density at radius 2 is 2.24 bits per heavy atom. The largest absolute Gasteiger partial charge is 0.391 e. The molecule has 0 bridgehead atoms. The fourth-order valence-corrected chi connectivity index (χ4v) is 2.09. The van der Waals surface area contributed by atoms with Crippen molar-refractivity contribution in [2.75, 3.05) is 6.54 Å². The van der Waals surface area contributed by atoms with E-state index in [1.54, 1.807) is 18.2 Å². The zero-order valence-corrected chi connectivity index (χ0v) is 12.2. The first-order chi connectivity index (χ1) is 10.1. The zero-order chi connectivity index (χ0) is 15.2. The minimum Gasteiger partial charge on any atom is -0.391 e.